The normalized spacial score (nSPS) is 15.3. The first-order valence-electron chi connectivity index (χ1n) is 10.5. The zero-order valence-electron chi connectivity index (χ0n) is 18.1. The van der Waals surface area contributed by atoms with Crippen molar-refractivity contribution in [2.24, 2.45) is 7.05 Å². The number of pyridine rings is 1. The zero-order chi connectivity index (χ0) is 22.1. The van der Waals surface area contributed by atoms with Gasteiger partial charge in [0.15, 0.2) is 0 Å². The van der Waals surface area contributed by atoms with Gasteiger partial charge in [-0.1, -0.05) is 24.4 Å². The van der Waals surface area contributed by atoms with Crippen molar-refractivity contribution in [1.82, 2.24) is 24.8 Å². The first kappa shape index (κ1) is 21.4. The summed E-state index contributed by atoms with van der Waals surface area (Å²) in [7, 11) is 3.30. The number of aromatic nitrogens is 3. The number of H-pyrrole nitrogens is 1. The van der Waals surface area contributed by atoms with Gasteiger partial charge in [-0.05, 0) is 68.1 Å². The Labute approximate surface area is 186 Å². The van der Waals surface area contributed by atoms with Crippen LogP contribution in [0.2, 0.25) is 0 Å². The molecule has 31 heavy (non-hydrogen) atoms. The largest absolute Gasteiger partial charge is 0.354 e. The van der Waals surface area contributed by atoms with Gasteiger partial charge in [0.05, 0.1) is 5.52 Å². The number of nitrogens with one attached hydrogen (secondary N) is 2. The monoisotopic (exact) mass is 437 g/mol. The van der Waals surface area contributed by atoms with Gasteiger partial charge in [-0.2, -0.15) is 0 Å². The van der Waals surface area contributed by atoms with Crippen LogP contribution in [0, 0.1) is 11.6 Å². The van der Waals surface area contributed by atoms with Crippen LogP contribution in [0.25, 0.3) is 10.9 Å². The van der Waals surface area contributed by atoms with Crippen molar-refractivity contribution in [1.29, 1.82) is 0 Å². The standard InChI is InChI=1S/C23H27N5O2S/c1-14-17(6-7-19(25-14)21(29)24-2)16-8-10-28(11-9-16)13-15-4-5-18-20(12-15)26-23(30)27(3)22(18)31/h4-7,12,16H,8-11,13H2,1-3H3,(H,24,29)(H,26,30). The van der Waals surface area contributed by atoms with E-state index in [4.69, 9.17) is 12.2 Å². The summed E-state index contributed by atoms with van der Waals surface area (Å²) in [5, 5.41) is 3.51. The van der Waals surface area contributed by atoms with Crippen LogP contribution in [0.1, 0.15) is 46.1 Å². The summed E-state index contributed by atoms with van der Waals surface area (Å²) < 4.78 is 2.01. The van der Waals surface area contributed by atoms with Gasteiger partial charge in [0.1, 0.15) is 10.3 Å². The Bertz CT molecular complexity index is 1260. The van der Waals surface area contributed by atoms with Crippen LogP contribution >= 0.6 is 12.2 Å². The minimum absolute atomic E-state index is 0.155. The molecule has 1 aliphatic heterocycles. The van der Waals surface area contributed by atoms with Gasteiger partial charge >= 0.3 is 5.69 Å². The van der Waals surface area contributed by atoms with Crippen molar-refractivity contribution in [3.63, 3.8) is 0 Å². The highest BCUT2D eigenvalue weighted by Crippen LogP contribution is 2.30. The van der Waals surface area contributed by atoms with Crippen LogP contribution in [0.5, 0.6) is 0 Å². The molecule has 0 unspecified atom stereocenters. The highest BCUT2D eigenvalue weighted by Gasteiger charge is 2.23. The average Bonchev–Trinajstić information content (AvgIpc) is 2.77. The summed E-state index contributed by atoms with van der Waals surface area (Å²) >= 11 is 5.39. The van der Waals surface area contributed by atoms with Crippen LogP contribution in [0.4, 0.5) is 0 Å². The number of likely N-dealkylation sites (tertiary alicyclic amines) is 1. The zero-order valence-corrected chi connectivity index (χ0v) is 18.9. The van der Waals surface area contributed by atoms with E-state index in [0.29, 0.717) is 16.3 Å². The Morgan fingerprint density at radius 1 is 1.26 bits per heavy atom. The lowest BCUT2D eigenvalue weighted by molar-refractivity contribution is 0.0958. The second-order valence-corrected chi connectivity index (χ2v) is 8.56. The number of carbonyl (C=O) groups excluding carboxylic acids is 1. The molecule has 162 valence electrons. The molecule has 2 aromatic heterocycles. The van der Waals surface area contributed by atoms with Gasteiger partial charge < -0.3 is 10.3 Å². The number of piperidine rings is 1. The van der Waals surface area contributed by atoms with E-state index < -0.39 is 0 Å². The molecule has 4 rings (SSSR count). The van der Waals surface area contributed by atoms with Gasteiger partial charge in [-0.25, -0.2) is 9.78 Å². The number of hydrogen-bond donors (Lipinski definition) is 2. The molecule has 0 spiro atoms. The summed E-state index contributed by atoms with van der Waals surface area (Å²) in [5.41, 5.74) is 4.40. The number of aromatic amines is 1. The van der Waals surface area contributed by atoms with E-state index in [9.17, 15) is 9.59 Å². The Kier molecular flexibility index (Phi) is 6.02. The fraction of sp³-hybridized carbons (Fsp3) is 0.391. The maximum Gasteiger partial charge on any atom is 0.326 e. The lowest BCUT2D eigenvalue weighted by Gasteiger charge is -2.32. The number of nitrogens with zero attached hydrogens (tertiary/aromatic N) is 3. The Morgan fingerprint density at radius 3 is 2.68 bits per heavy atom. The fourth-order valence-corrected chi connectivity index (χ4v) is 4.63. The molecular formula is C23H27N5O2S. The predicted octanol–water partition coefficient (Wildman–Crippen LogP) is 3.04. The highest BCUT2D eigenvalue weighted by atomic mass is 32.1. The predicted molar refractivity (Wildman–Crippen MR) is 124 cm³/mol. The number of carbonyl (C=O) groups is 1. The molecule has 1 aromatic carbocycles. The Hall–Kier alpha value is -2.84. The highest BCUT2D eigenvalue weighted by molar-refractivity contribution is 7.71. The minimum Gasteiger partial charge on any atom is -0.354 e. The van der Waals surface area contributed by atoms with E-state index in [0.717, 1.165) is 54.6 Å². The lowest BCUT2D eigenvalue weighted by atomic mass is 9.88. The first-order chi connectivity index (χ1) is 14.9. The van der Waals surface area contributed by atoms with Crippen molar-refractivity contribution in [2.75, 3.05) is 20.1 Å². The molecule has 1 amide bonds. The molecule has 7 nitrogen and oxygen atoms in total. The van der Waals surface area contributed by atoms with E-state index in [-0.39, 0.29) is 11.6 Å². The average molecular weight is 438 g/mol. The van der Waals surface area contributed by atoms with E-state index in [2.05, 4.69) is 32.3 Å². The molecule has 0 radical (unpaired) electrons. The number of fused-ring (bicyclic) bond motifs is 1. The van der Waals surface area contributed by atoms with Crippen molar-refractivity contribution in [3.8, 4) is 0 Å². The molecule has 8 heteroatoms. The maximum atomic E-state index is 12.0. The molecule has 0 saturated carbocycles. The quantitative estimate of drug-likeness (QED) is 0.613. The van der Waals surface area contributed by atoms with E-state index in [1.165, 1.54) is 10.1 Å². The second kappa shape index (κ2) is 8.72. The van der Waals surface area contributed by atoms with Gasteiger partial charge in [0.2, 0.25) is 0 Å². The number of hydrogen-bond acceptors (Lipinski definition) is 5. The first-order valence-corrected chi connectivity index (χ1v) is 10.9. The maximum absolute atomic E-state index is 12.0. The van der Waals surface area contributed by atoms with Gasteiger partial charge in [-0.15, -0.1) is 0 Å². The van der Waals surface area contributed by atoms with Crippen LogP contribution in [-0.2, 0) is 13.6 Å². The van der Waals surface area contributed by atoms with Crippen molar-refractivity contribution >= 4 is 29.0 Å². The van der Waals surface area contributed by atoms with Crippen LogP contribution < -0.4 is 11.0 Å². The van der Waals surface area contributed by atoms with Crippen LogP contribution in [0.15, 0.2) is 35.1 Å². The molecule has 0 atom stereocenters. The summed E-state index contributed by atoms with van der Waals surface area (Å²) in [5.74, 6) is 0.302. The molecule has 2 N–H and O–H groups in total. The third-order valence-electron chi connectivity index (χ3n) is 6.19. The molecule has 3 heterocycles. The topological polar surface area (TPSA) is 83.0 Å². The third-order valence-corrected chi connectivity index (χ3v) is 6.68. The smallest absolute Gasteiger partial charge is 0.326 e. The molecule has 1 aliphatic rings. The Balaban J connectivity index is 1.44. The van der Waals surface area contributed by atoms with Gasteiger partial charge in [0, 0.05) is 31.7 Å². The minimum atomic E-state index is -0.193. The fourth-order valence-electron chi connectivity index (χ4n) is 4.37. The van der Waals surface area contributed by atoms with E-state index in [1.807, 2.05) is 25.1 Å². The van der Waals surface area contributed by atoms with Crippen LogP contribution in [-0.4, -0.2) is 45.5 Å². The summed E-state index contributed by atoms with van der Waals surface area (Å²) in [4.78, 5) is 33.7. The summed E-state index contributed by atoms with van der Waals surface area (Å²) in [6.45, 7) is 4.81. The SMILES string of the molecule is CNC(=O)c1ccc(C2CCN(Cc3ccc4c(=S)n(C)c(=O)[nH]c4c3)CC2)c(C)n1. The molecule has 3 aromatic rings. The number of aryl methyl sites for hydroxylation is 1. The van der Waals surface area contributed by atoms with E-state index >= 15 is 0 Å². The summed E-state index contributed by atoms with van der Waals surface area (Å²) in [6, 6.07) is 9.99. The number of amides is 1. The number of benzene rings is 1. The van der Waals surface area contributed by atoms with Gasteiger partial charge in [0.25, 0.3) is 5.91 Å². The summed E-state index contributed by atoms with van der Waals surface area (Å²) in [6.07, 6.45) is 2.11. The van der Waals surface area contributed by atoms with E-state index in [1.54, 1.807) is 14.1 Å². The van der Waals surface area contributed by atoms with Crippen molar-refractivity contribution in [3.05, 3.63) is 68.0 Å². The Morgan fingerprint density at radius 2 is 2.00 bits per heavy atom. The van der Waals surface area contributed by atoms with Crippen molar-refractivity contribution in [2.45, 2.75) is 32.2 Å². The lowest BCUT2D eigenvalue weighted by Crippen LogP contribution is -2.32. The molecule has 0 aliphatic carbocycles. The number of rotatable bonds is 4. The van der Waals surface area contributed by atoms with Crippen molar-refractivity contribution < 1.29 is 4.79 Å². The molecule has 1 saturated heterocycles. The molecular weight excluding hydrogens is 410 g/mol. The molecule has 0 bridgehead atoms. The second-order valence-electron chi connectivity index (χ2n) is 8.17. The van der Waals surface area contributed by atoms with Crippen LogP contribution in [0.3, 0.4) is 0 Å². The van der Waals surface area contributed by atoms with Gasteiger partial charge in [-0.3, -0.25) is 14.3 Å². The molecule has 1 fully saturated rings. The third kappa shape index (κ3) is 4.31.